The van der Waals surface area contributed by atoms with Gasteiger partial charge in [-0.05, 0) is 24.3 Å². The molecule has 0 amide bonds. The molecule has 8 heteroatoms. The quantitative estimate of drug-likeness (QED) is 0.445. The van der Waals surface area contributed by atoms with Gasteiger partial charge in [-0.25, -0.2) is 8.78 Å². The third kappa shape index (κ3) is 3.72. The molecule has 0 fully saturated rings. The number of para-hydroxylation sites is 1. The van der Waals surface area contributed by atoms with Crippen LogP contribution in [0, 0.1) is 11.6 Å². The molecule has 30 heavy (non-hydrogen) atoms. The van der Waals surface area contributed by atoms with Crippen molar-refractivity contribution in [3.05, 3.63) is 83.9 Å². The van der Waals surface area contributed by atoms with Crippen molar-refractivity contribution in [2.75, 3.05) is 7.11 Å². The van der Waals surface area contributed by atoms with E-state index in [-0.39, 0.29) is 28.8 Å². The summed E-state index contributed by atoms with van der Waals surface area (Å²) in [7, 11) is 1.48. The number of aromatic nitrogens is 2. The zero-order valence-electron chi connectivity index (χ0n) is 15.8. The molecule has 0 saturated heterocycles. The van der Waals surface area contributed by atoms with Crippen LogP contribution in [0.5, 0.6) is 11.5 Å². The zero-order chi connectivity index (χ0) is 21.1. The molecule has 152 valence electrons. The first-order valence-electron chi connectivity index (χ1n) is 8.93. The van der Waals surface area contributed by atoms with Gasteiger partial charge in [0.2, 0.25) is 6.29 Å². The first kappa shape index (κ1) is 19.5. The van der Waals surface area contributed by atoms with E-state index in [0.29, 0.717) is 0 Å². The van der Waals surface area contributed by atoms with Gasteiger partial charge in [0, 0.05) is 12.7 Å². The molecular weight excluding hydrogens is 394 g/mol. The first-order chi connectivity index (χ1) is 14.6. The van der Waals surface area contributed by atoms with E-state index in [0.717, 1.165) is 17.7 Å². The van der Waals surface area contributed by atoms with E-state index in [9.17, 15) is 13.9 Å². The van der Waals surface area contributed by atoms with Crippen molar-refractivity contribution in [2.24, 2.45) is 0 Å². The smallest absolute Gasteiger partial charge is 0.254 e. The number of benzene rings is 3. The molecule has 1 atom stereocenters. The van der Waals surface area contributed by atoms with Crippen molar-refractivity contribution < 1.29 is 27.8 Å². The lowest BCUT2D eigenvalue weighted by atomic mass is 10.1. The lowest BCUT2D eigenvalue weighted by Gasteiger charge is -2.19. The lowest BCUT2D eigenvalue weighted by Crippen LogP contribution is -2.09. The highest BCUT2D eigenvalue weighted by atomic mass is 19.1. The Morgan fingerprint density at radius 1 is 0.867 bits per heavy atom. The van der Waals surface area contributed by atoms with Crippen LogP contribution in [0.25, 0.3) is 22.9 Å². The van der Waals surface area contributed by atoms with Crippen LogP contribution in [0.1, 0.15) is 11.9 Å². The van der Waals surface area contributed by atoms with Crippen LogP contribution in [0.15, 0.2) is 71.1 Å². The second-order valence-corrected chi connectivity index (χ2v) is 6.26. The molecule has 3 aromatic carbocycles. The van der Waals surface area contributed by atoms with Gasteiger partial charge in [-0.2, -0.15) is 0 Å². The van der Waals surface area contributed by atoms with E-state index in [4.69, 9.17) is 13.9 Å². The van der Waals surface area contributed by atoms with Gasteiger partial charge in [0.1, 0.15) is 17.2 Å². The fourth-order valence-electron chi connectivity index (χ4n) is 2.90. The fraction of sp³-hybridized carbons (Fsp3) is 0.0909. The number of phenols is 1. The second-order valence-electron chi connectivity index (χ2n) is 6.26. The van der Waals surface area contributed by atoms with Crippen molar-refractivity contribution in [3.8, 4) is 34.4 Å². The number of hydrogen-bond acceptors (Lipinski definition) is 6. The van der Waals surface area contributed by atoms with E-state index in [1.54, 1.807) is 12.1 Å². The number of hydrogen-bond donors (Lipinski definition) is 1. The Labute approximate surface area is 170 Å². The van der Waals surface area contributed by atoms with E-state index in [1.165, 1.54) is 19.2 Å². The van der Waals surface area contributed by atoms with Crippen LogP contribution in [0.4, 0.5) is 8.78 Å². The predicted octanol–water partition coefficient (Wildman–Crippen LogP) is 5.11. The van der Waals surface area contributed by atoms with Crippen molar-refractivity contribution in [1.82, 2.24) is 10.2 Å². The Bertz CT molecular complexity index is 1140. The molecule has 0 spiro atoms. The van der Waals surface area contributed by atoms with Crippen LogP contribution in [-0.2, 0) is 4.74 Å². The number of nitrogens with zero attached hydrogens (tertiary/aromatic N) is 2. The molecule has 6 nitrogen and oxygen atoms in total. The largest absolute Gasteiger partial charge is 0.504 e. The minimum absolute atomic E-state index is 0.111. The molecule has 1 aromatic heterocycles. The summed E-state index contributed by atoms with van der Waals surface area (Å²) in [6.07, 6.45) is -0.766. The van der Waals surface area contributed by atoms with Crippen molar-refractivity contribution in [2.45, 2.75) is 6.29 Å². The highest BCUT2D eigenvalue weighted by molar-refractivity contribution is 5.68. The van der Waals surface area contributed by atoms with Crippen molar-refractivity contribution in [1.29, 1.82) is 0 Å². The molecular formula is C22H16F2N2O4. The minimum atomic E-state index is -0.836. The molecule has 1 unspecified atom stereocenters. The number of halogens is 2. The minimum Gasteiger partial charge on any atom is -0.504 e. The van der Waals surface area contributed by atoms with Gasteiger partial charge in [0.05, 0.1) is 5.56 Å². The Morgan fingerprint density at radius 2 is 1.53 bits per heavy atom. The Hall–Kier alpha value is -3.78. The monoisotopic (exact) mass is 410 g/mol. The summed E-state index contributed by atoms with van der Waals surface area (Å²) >= 11 is 0. The summed E-state index contributed by atoms with van der Waals surface area (Å²) in [4.78, 5) is 0. The van der Waals surface area contributed by atoms with Gasteiger partial charge >= 0.3 is 0 Å². The average molecular weight is 410 g/mol. The van der Waals surface area contributed by atoms with Crippen LogP contribution in [-0.4, -0.2) is 22.4 Å². The van der Waals surface area contributed by atoms with Crippen molar-refractivity contribution >= 4 is 0 Å². The first-order valence-corrected chi connectivity index (χ1v) is 8.93. The third-order valence-corrected chi connectivity index (χ3v) is 4.35. The van der Waals surface area contributed by atoms with E-state index >= 15 is 0 Å². The molecule has 0 aliphatic carbocycles. The normalized spacial score (nSPS) is 12.0. The maximum atomic E-state index is 14.0. The van der Waals surface area contributed by atoms with Gasteiger partial charge in [0.15, 0.2) is 11.5 Å². The SMILES string of the molecule is COC(Oc1cccc(-c2nnc(-c3c(F)cccc3F)o2)c1O)c1ccccc1. The van der Waals surface area contributed by atoms with Crippen molar-refractivity contribution in [3.63, 3.8) is 0 Å². The number of methoxy groups -OCH3 is 1. The number of rotatable bonds is 6. The van der Waals surface area contributed by atoms with E-state index in [1.807, 2.05) is 30.3 Å². The maximum Gasteiger partial charge on any atom is 0.254 e. The standard InChI is InChI=1S/C22H16F2N2O4/c1-28-22(13-7-3-2-4-8-13)29-17-12-5-9-14(19(17)27)20-25-26-21(30-20)18-15(23)10-6-11-16(18)24/h2-12,22,27H,1H3. The lowest BCUT2D eigenvalue weighted by molar-refractivity contribution is -0.0573. The third-order valence-electron chi connectivity index (χ3n) is 4.35. The molecule has 0 radical (unpaired) electrons. The van der Waals surface area contributed by atoms with Crippen LogP contribution in [0.3, 0.4) is 0 Å². The summed E-state index contributed by atoms with van der Waals surface area (Å²) in [5.74, 6) is -2.30. The van der Waals surface area contributed by atoms with E-state index in [2.05, 4.69) is 10.2 Å². The summed E-state index contributed by atoms with van der Waals surface area (Å²) in [6.45, 7) is 0. The number of phenolic OH excluding ortho intramolecular Hbond substituents is 1. The van der Waals surface area contributed by atoms with Gasteiger partial charge < -0.3 is 19.0 Å². The molecule has 0 saturated carbocycles. The predicted molar refractivity (Wildman–Crippen MR) is 104 cm³/mol. The van der Waals surface area contributed by atoms with Gasteiger partial charge in [-0.15, -0.1) is 10.2 Å². The second kappa shape index (κ2) is 8.30. The molecule has 4 rings (SSSR count). The fourth-order valence-corrected chi connectivity index (χ4v) is 2.90. The highest BCUT2D eigenvalue weighted by Crippen LogP contribution is 2.39. The maximum absolute atomic E-state index is 14.0. The average Bonchev–Trinajstić information content (AvgIpc) is 3.23. The highest BCUT2D eigenvalue weighted by Gasteiger charge is 2.22. The number of aromatic hydroxyl groups is 1. The topological polar surface area (TPSA) is 77.6 Å². The number of ether oxygens (including phenoxy) is 2. The molecule has 0 bridgehead atoms. The summed E-state index contributed by atoms with van der Waals surface area (Å²) in [6, 6.07) is 17.2. The summed E-state index contributed by atoms with van der Waals surface area (Å²) in [5, 5.41) is 18.2. The Morgan fingerprint density at radius 3 is 2.23 bits per heavy atom. The summed E-state index contributed by atoms with van der Waals surface area (Å²) in [5.41, 5.74) is 0.456. The van der Waals surface area contributed by atoms with Gasteiger partial charge in [0.25, 0.3) is 11.8 Å². The van der Waals surface area contributed by atoms with Crippen LogP contribution >= 0.6 is 0 Å². The molecule has 0 aliphatic rings. The molecule has 0 aliphatic heterocycles. The Balaban J connectivity index is 1.66. The Kier molecular flexibility index (Phi) is 5.40. The molecule has 1 heterocycles. The van der Waals surface area contributed by atoms with Crippen LogP contribution < -0.4 is 4.74 Å². The van der Waals surface area contributed by atoms with E-state index < -0.39 is 23.5 Å². The zero-order valence-corrected chi connectivity index (χ0v) is 15.8. The molecule has 4 aromatic rings. The van der Waals surface area contributed by atoms with Gasteiger partial charge in [-0.1, -0.05) is 42.5 Å². The van der Waals surface area contributed by atoms with Crippen LogP contribution in [0.2, 0.25) is 0 Å². The molecule has 1 N–H and O–H groups in total. The summed E-state index contributed by atoms with van der Waals surface area (Å²) < 4.78 is 44.5. The van der Waals surface area contributed by atoms with Gasteiger partial charge in [-0.3, -0.25) is 0 Å².